The first kappa shape index (κ1) is 16.1. The van der Waals surface area contributed by atoms with Gasteiger partial charge < -0.3 is 16.0 Å². The van der Waals surface area contributed by atoms with Gasteiger partial charge in [-0.05, 0) is 56.6 Å². The quantitative estimate of drug-likeness (QED) is 0.722. The number of anilines is 2. The normalized spacial score (nSPS) is 19.4. The highest BCUT2D eigenvalue weighted by molar-refractivity contribution is 7.89. The van der Waals surface area contributed by atoms with E-state index >= 15 is 0 Å². The fourth-order valence-electron chi connectivity index (χ4n) is 2.56. The van der Waals surface area contributed by atoms with Crippen molar-refractivity contribution in [2.75, 3.05) is 37.7 Å². The van der Waals surface area contributed by atoms with Crippen LogP contribution in [0.4, 0.5) is 11.4 Å². The molecule has 21 heavy (non-hydrogen) atoms. The molecule has 0 bridgehead atoms. The van der Waals surface area contributed by atoms with Gasteiger partial charge in [0.25, 0.3) is 0 Å². The zero-order valence-corrected chi connectivity index (χ0v) is 13.4. The second-order valence-corrected chi connectivity index (χ2v) is 7.80. The first-order valence-electron chi connectivity index (χ1n) is 7.04. The Bertz CT molecular complexity index is 607. The van der Waals surface area contributed by atoms with Gasteiger partial charge in [-0.3, -0.25) is 0 Å². The Labute approximate surface area is 126 Å². The molecule has 0 unspecified atom stereocenters. The number of nitrogens with two attached hydrogens (primary N) is 2. The van der Waals surface area contributed by atoms with Gasteiger partial charge in [0.15, 0.2) is 0 Å². The van der Waals surface area contributed by atoms with Gasteiger partial charge in [0, 0.05) is 12.2 Å². The monoisotopic (exact) mass is 312 g/mol. The van der Waals surface area contributed by atoms with Gasteiger partial charge >= 0.3 is 0 Å². The van der Waals surface area contributed by atoms with E-state index in [0.29, 0.717) is 17.9 Å². The van der Waals surface area contributed by atoms with Crippen molar-refractivity contribution in [1.82, 2.24) is 4.90 Å². The lowest BCUT2D eigenvalue weighted by atomic mass is 9.80. The van der Waals surface area contributed by atoms with E-state index in [0.717, 1.165) is 25.9 Å². The highest BCUT2D eigenvalue weighted by Gasteiger charge is 2.29. The van der Waals surface area contributed by atoms with Gasteiger partial charge in [0.05, 0.1) is 5.69 Å². The summed E-state index contributed by atoms with van der Waals surface area (Å²) in [7, 11) is -1.67. The fourth-order valence-corrected chi connectivity index (χ4v) is 3.31. The molecule has 0 radical (unpaired) electrons. The van der Waals surface area contributed by atoms with Crippen molar-refractivity contribution >= 4 is 21.4 Å². The molecule has 1 fully saturated rings. The molecule has 0 aromatic heterocycles. The van der Waals surface area contributed by atoms with Gasteiger partial charge in [-0.25, -0.2) is 13.6 Å². The molecule has 0 spiro atoms. The molecule has 1 heterocycles. The third kappa shape index (κ3) is 4.09. The molecule has 7 heteroatoms. The van der Waals surface area contributed by atoms with E-state index in [-0.39, 0.29) is 10.3 Å². The minimum Gasteiger partial charge on any atom is -0.399 e. The Morgan fingerprint density at radius 2 is 1.95 bits per heavy atom. The zero-order chi connectivity index (χ0) is 15.7. The molecular formula is C14H24N4O2S. The molecule has 118 valence electrons. The van der Waals surface area contributed by atoms with Crippen molar-refractivity contribution < 1.29 is 8.42 Å². The number of benzene rings is 1. The number of likely N-dealkylation sites (tertiary alicyclic amines) is 1. The Morgan fingerprint density at radius 3 is 2.52 bits per heavy atom. The predicted molar refractivity (Wildman–Crippen MR) is 85.6 cm³/mol. The van der Waals surface area contributed by atoms with Crippen LogP contribution in [0.1, 0.15) is 19.8 Å². The zero-order valence-electron chi connectivity index (χ0n) is 12.6. The highest BCUT2D eigenvalue weighted by Crippen LogP contribution is 2.32. The number of hydrogen-bond acceptors (Lipinski definition) is 5. The number of rotatable bonds is 4. The number of sulfonamides is 1. The first-order chi connectivity index (χ1) is 9.70. The van der Waals surface area contributed by atoms with Crippen LogP contribution in [0.15, 0.2) is 23.1 Å². The van der Waals surface area contributed by atoms with E-state index < -0.39 is 10.0 Å². The van der Waals surface area contributed by atoms with Crippen LogP contribution in [0.3, 0.4) is 0 Å². The standard InChI is InChI=1S/C14H24N4O2S/c1-14(5-7-18(2)8-6-14)10-17-12-4-3-11(15)9-13(12)21(16,19)20/h3-4,9,17H,5-8,10,15H2,1-2H3,(H2,16,19,20). The van der Waals surface area contributed by atoms with E-state index in [4.69, 9.17) is 10.9 Å². The van der Waals surface area contributed by atoms with Crippen molar-refractivity contribution in [3.63, 3.8) is 0 Å². The summed E-state index contributed by atoms with van der Waals surface area (Å²) in [6.07, 6.45) is 2.16. The average Bonchev–Trinajstić information content (AvgIpc) is 2.40. The molecule has 0 aliphatic carbocycles. The van der Waals surface area contributed by atoms with Crippen LogP contribution >= 0.6 is 0 Å². The minimum absolute atomic E-state index is 0.0547. The molecule has 5 N–H and O–H groups in total. The van der Waals surface area contributed by atoms with Crippen molar-refractivity contribution in [2.24, 2.45) is 10.6 Å². The fraction of sp³-hybridized carbons (Fsp3) is 0.571. The molecule has 6 nitrogen and oxygen atoms in total. The molecule has 1 aliphatic heterocycles. The van der Waals surface area contributed by atoms with E-state index in [1.54, 1.807) is 12.1 Å². The third-order valence-corrected chi connectivity index (χ3v) is 5.16. The SMILES string of the molecule is CN1CCC(C)(CNc2ccc(N)cc2S(N)(=O)=O)CC1. The lowest BCUT2D eigenvalue weighted by Crippen LogP contribution is -2.40. The maximum atomic E-state index is 11.7. The van der Waals surface area contributed by atoms with Crippen LogP contribution in [0.5, 0.6) is 0 Å². The van der Waals surface area contributed by atoms with E-state index in [9.17, 15) is 8.42 Å². The molecule has 0 atom stereocenters. The number of nitrogens with zero attached hydrogens (tertiary/aromatic N) is 1. The van der Waals surface area contributed by atoms with Gasteiger partial charge in [-0.1, -0.05) is 6.92 Å². The van der Waals surface area contributed by atoms with E-state index in [1.807, 2.05) is 0 Å². The van der Waals surface area contributed by atoms with Crippen molar-refractivity contribution in [1.29, 1.82) is 0 Å². The van der Waals surface area contributed by atoms with E-state index in [2.05, 4.69) is 24.2 Å². The summed E-state index contributed by atoms with van der Waals surface area (Å²) in [6.45, 7) is 5.05. The second-order valence-electron chi connectivity index (χ2n) is 6.27. The van der Waals surface area contributed by atoms with Gasteiger partial charge in [-0.15, -0.1) is 0 Å². The van der Waals surface area contributed by atoms with Gasteiger partial charge in [0.2, 0.25) is 10.0 Å². The van der Waals surface area contributed by atoms with Crippen LogP contribution in [0.25, 0.3) is 0 Å². The largest absolute Gasteiger partial charge is 0.399 e. The van der Waals surface area contributed by atoms with Crippen LogP contribution in [-0.2, 0) is 10.0 Å². The molecule has 0 amide bonds. The molecule has 1 aromatic rings. The summed E-state index contributed by atoms with van der Waals surface area (Å²) in [4.78, 5) is 2.36. The summed E-state index contributed by atoms with van der Waals surface area (Å²) in [6, 6.07) is 4.75. The summed E-state index contributed by atoms with van der Waals surface area (Å²) in [5.41, 5.74) is 6.71. The first-order valence-corrected chi connectivity index (χ1v) is 8.59. The minimum atomic E-state index is -3.79. The molecular weight excluding hydrogens is 288 g/mol. The maximum Gasteiger partial charge on any atom is 0.240 e. The number of hydrogen-bond donors (Lipinski definition) is 3. The van der Waals surface area contributed by atoms with Crippen LogP contribution < -0.4 is 16.2 Å². The number of nitrogen functional groups attached to an aromatic ring is 1. The Hall–Kier alpha value is -1.31. The molecule has 1 aromatic carbocycles. The molecule has 0 saturated carbocycles. The Morgan fingerprint density at radius 1 is 1.33 bits per heavy atom. The lowest BCUT2D eigenvalue weighted by molar-refractivity contribution is 0.150. The summed E-state index contributed by atoms with van der Waals surface area (Å²) < 4.78 is 23.3. The second kappa shape index (κ2) is 5.82. The number of primary sulfonamides is 1. The van der Waals surface area contributed by atoms with Crippen LogP contribution in [0, 0.1) is 5.41 Å². The third-order valence-electron chi connectivity index (χ3n) is 4.21. The lowest BCUT2D eigenvalue weighted by Gasteiger charge is -2.38. The summed E-state index contributed by atoms with van der Waals surface area (Å²) >= 11 is 0. The summed E-state index contributed by atoms with van der Waals surface area (Å²) in [5, 5.41) is 8.50. The summed E-state index contributed by atoms with van der Waals surface area (Å²) in [5.74, 6) is 0. The van der Waals surface area contributed by atoms with Crippen molar-refractivity contribution in [2.45, 2.75) is 24.7 Å². The van der Waals surface area contributed by atoms with E-state index in [1.165, 1.54) is 6.07 Å². The topological polar surface area (TPSA) is 101 Å². The van der Waals surface area contributed by atoms with Gasteiger partial charge in [-0.2, -0.15) is 0 Å². The smallest absolute Gasteiger partial charge is 0.240 e. The van der Waals surface area contributed by atoms with Gasteiger partial charge in [0.1, 0.15) is 4.90 Å². The van der Waals surface area contributed by atoms with Crippen molar-refractivity contribution in [3.05, 3.63) is 18.2 Å². The average molecular weight is 312 g/mol. The Balaban J connectivity index is 2.14. The number of piperidine rings is 1. The maximum absolute atomic E-state index is 11.7. The molecule has 1 saturated heterocycles. The van der Waals surface area contributed by atoms with Crippen molar-refractivity contribution in [3.8, 4) is 0 Å². The molecule has 1 aliphatic rings. The molecule has 2 rings (SSSR count). The Kier molecular flexibility index (Phi) is 4.46. The number of nitrogens with one attached hydrogen (secondary N) is 1. The van der Waals surface area contributed by atoms with Crippen LogP contribution in [0.2, 0.25) is 0 Å². The predicted octanol–water partition coefficient (Wildman–Crippen LogP) is 1.06. The van der Waals surface area contributed by atoms with Crippen LogP contribution in [-0.4, -0.2) is 40.0 Å². The highest BCUT2D eigenvalue weighted by atomic mass is 32.2.